The van der Waals surface area contributed by atoms with E-state index in [1.165, 1.54) is 12.1 Å². The molecule has 0 atom stereocenters. The molecule has 1 aromatic rings. The molecule has 0 amide bonds. The fourth-order valence-electron chi connectivity index (χ4n) is 1.31. The summed E-state index contributed by atoms with van der Waals surface area (Å²) in [5.41, 5.74) is 0. The normalized spacial score (nSPS) is 11.5. The first kappa shape index (κ1) is 14.4. The zero-order valence-corrected chi connectivity index (χ0v) is 11.9. The summed E-state index contributed by atoms with van der Waals surface area (Å²) in [6, 6.07) is 4.12. The van der Waals surface area contributed by atoms with Crippen LogP contribution in [0.5, 0.6) is 5.75 Å². The molecule has 0 aliphatic carbocycles. The zero-order valence-electron chi connectivity index (χ0n) is 9.45. The second-order valence-corrected chi connectivity index (χ2v) is 6.82. The van der Waals surface area contributed by atoms with Gasteiger partial charge in [-0.2, -0.15) is 0 Å². The van der Waals surface area contributed by atoms with Crippen LogP contribution in [-0.2, 0) is 9.84 Å². The van der Waals surface area contributed by atoms with E-state index >= 15 is 0 Å². The Morgan fingerprint density at radius 2 is 2.00 bits per heavy atom. The maximum atomic E-state index is 13.0. The predicted molar refractivity (Wildman–Crippen MR) is 68.5 cm³/mol. The lowest BCUT2D eigenvalue weighted by atomic mass is 10.3. The number of hydrogen-bond donors (Lipinski definition) is 0. The molecule has 0 saturated carbocycles. The van der Waals surface area contributed by atoms with E-state index in [-0.39, 0.29) is 18.1 Å². The van der Waals surface area contributed by atoms with Crippen LogP contribution in [0.3, 0.4) is 0 Å². The fraction of sp³-hybridized carbons (Fsp3) is 0.455. The third kappa shape index (κ3) is 5.50. The van der Waals surface area contributed by atoms with E-state index < -0.39 is 15.7 Å². The summed E-state index contributed by atoms with van der Waals surface area (Å²) in [6.07, 6.45) is 0.591. The molecule has 3 nitrogen and oxygen atoms in total. The SMILES string of the molecule is CCCS(=O)(=O)CCOc1cc(F)cc(Br)c1. The van der Waals surface area contributed by atoms with Crippen LogP contribution in [0.25, 0.3) is 0 Å². The Hall–Kier alpha value is -0.620. The molecule has 0 aromatic heterocycles. The summed E-state index contributed by atoms with van der Waals surface area (Å²) in [5, 5.41) is 0. The second kappa shape index (κ2) is 6.35. The van der Waals surface area contributed by atoms with Crippen molar-refractivity contribution in [3.8, 4) is 5.75 Å². The summed E-state index contributed by atoms with van der Waals surface area (Å²) < 4.78 is 41.5. The van der Waals surface area contributed by atoms with Gasteiger partial charge in [0.05, 0.1) is 11.5 Å². The lowest BCUT2D eigenvalue weighted by molar-refractivity contribution is 0.338. The van der Waals surface area contributed by atoms with E-state index in [0.29, 0.717) is 16.6 Å². The highest BCUT2D eigenvalue weighted by Crippen LogP contribution is 2.20. The molecule has 0 saturated heterocycles. The van der Waals surface area contributed by atoms with Gasteiger partial charge in [-0.1, -0.05) is 22.9 Å². The maximum absolute atomic E-state index is 13.0. The molecule has 17 heavy (non-hydrogen) atoms. The van der Waals surface area contributed by atoms with Gasteiger partial charge in [-0.05, 0) is 18.6 Å². The minimum Gasteiger partial charge on any atom is -0.492 e. The van der Waals surface area contributed by atoms with Crippen LogP contribution in [0.4, 0.5) is 4.39 Å². The first-order valence-corrected chi connectivity index (χ1v) is 7.83. The van der Waals surface area contributed by atoms with Crippen molar-refractivity contribution in [1.29, 1.82) is 0 Å². The van der Waals surface area contributed by atoms with E-state index in [9.17, 15) is 12.8 Å². The fourth-order valence-corrected chi connectivity index (χ4v) is 2.92. The van der Waals surface area contributed by atoms with Gasteiger partial charge in [0.15, 0.2) is 9.84 Å². The van der Waals surface area contributed by atoms with Crippen LogP contribution >= 0.6 is 15.9 Å². The van der Waals surface area contributed by atoms with Gasteiger partial charge in [-0.25, -0.2) is 12.8 Å². The molecule has 0 spiro atoms. The van der Waals surface area contributed by atoms with Crippen molar-refractivity contribution in [2.45, 2.75) is 13.3 Å². The second-order valence-electron chi connectivity index (χ2n) is 3.61. The van der Waals surface area contributed by atoms with Crippen molar-refractivity contribution in [3.63, 3.8) is 0 Å². The van der Waals surface area contributed by atoms with Gasteiger partial charge in [0.2, 0.25) is 0 Å². The summed E-state index contributed by atoms with van der Waals surface area (Å²) in [7, 11) is -3.05. The third-order valence-corrected chi connectivity index (χ3v) is 4.29. The van der Waals surface area contributed by atoms with Crippen molar-refractivity contribution in [2.75, 3.05) is 18.1 Å². The molecule has 0 aliphatic rings. The van der Waals surface area contributed by atoms with E-state index in [1.54, 1.807) is 6.07 Å². The van der Waals surface area contributed by atoms with Gasteiger partial charge in [0.25, 0.3) is 0 Å². The monoisotopic (exact) mass is 324 g/mol. The molecule has 0 radical (unpaired) electrons. The molecule has 96 valence electrons. The van der Waals surface area contributed by atoms with Crippen LogP contribution in [0.15, 0.2) is 22.7 Å². The van der Waals surface area contributed by atoms with Crippen molar-refractivity contribution in [1.82, 2.24) is 0 Å². The highest BCUT2D eigenvalue weighted by molar-refractivity contribution is 9.10. The lowest BCUT2D eigenvalue weighted by Gasteiger charge is -2.07. The highest BCUT2D eigenvalue weighted by atomic mass is 79.9. The summed E-state index contributed by atoms with van der Waals surface area (Å²) in [5.74, 6) is 0.00686. The van der Waals surface area contributed by atoms with E-state index in [0.717, 1.165) is 0 Å². The van der Waals surface area contributed by atoms with Crippen molar-refractivity contribution in [3.05, 3.63) is 28.5 Å². The van der Waals surface area contributed by atoms with Crippen LogP contribution in [0.2, 0.25) is 0 Å². The summed E-state index contributed by atoms with van der Waals surface area (Å²) >= 11 is 3.13. The van der Waals surface area contributed by atoms with E-state index in [2.05, 4.69) is 15.9 Å². The van der Waals surface area contributed by atoms with Crippen molar-refractivity contribution >= 4 is 25.8 Å². The molecule has 0 unspecified atom stereocenters. The van der Waals surface area contributed by atoms with Gasteiger partial charge in [0, 0.05) is 10.5 Å². The Morgan fingerprint density at radius 1 is 1.29 bits per heavy atom. The van der Waals surface area contributed by atoms with Gasteiger partial charge < -0.3 is 4.74 Å². The van der Waals surface area contributed by atoms with Gasteiger partial charge in [-0.3, -0.25) is 0 Å². The number of sulfone groups is 1. The number of rotatable bonds is 6. The molecule has 0 aliphatic heterocycles. The highest BCUT2D eigenvalue weighted by Gasteiger charge is 2.09. The number of benzene rings is 1. The largest absolute Gasteiger partial charge is 0.492 e. The summed E-state index contributed by atoms with van der Waals surface area (Å²) in [6.45, 7) is 1.85. The predicted octanol–water partition coefficient (Wildman–Crippen LogP) is 2.79. The van der Waals surface area contributed by atoms with Gasteiger partial charge >= 0.3 is 0 Å². The minimum absolute atomic E-state index is 0.0399. The van der Waals surface area contributed by atoms with Crippen molar-refractivity contribution < 1.29 is 17.5 Å². The first-order chi connectivity index (χ1) is 7.93. The average molecular weight is 325 g/mol. The summed E-state index contributed by atoms with van der Waals surface area (Å²) in [4.78, 5) is 0. The molecule has 0 bridgehead atoms. The third-order valence-electron chi connectivity index (χ3n) is 2.01. The molecule has 0 heterocycles. The first-order valence-electron chi connectivity index (χ1n) is 5.22. The molecular weight excluding hydrogens is 311 g/mol. The van der Waals surface area contributed by atoms with Gasteiger partial charge in [0.1, 0.15) is 18.2 Å². The maximum Gasteiger partial charge on any atom is 0.153 e. The number of ether oxygens (including phenoxy) is 1. The lowest BCUT2D eigenvalue weighted by Crippen LogP contribution is -2.16. The minimum atomic E-state index is -3.05. The number of halogens is 2. The Morgan fingerprint density at radius 3 is 2.59 bits per heavy atom. The molecule has 1 rings (SSSR count). The molecule has 6 heteroatoms. The quantitative estimate of drug-likeness (QED) is 0.808. The van der Waals surface area contributed by atoms with E-state index in [1.807, 2.05) is 6.92 Å². The Balaban J connectivity index is 2.51. The van der Waals surface area contributed by atoms with Crippen LogP contribution in [0.1, 0.15) is 13.3 Å². The smallest absolute Gasteiger partial charge is 0.153 e. The van der Waals surface area contributed by atoms with Gasteiger partial charge in [-0.15, -0.1) is 0 Å². The van der Waals surface area contributed by atoms with Crippen LogP contribution in [0, 0.1) is 5.82 Å². The average Bonchev–Trinajstić information content (AvgIpc) is 2.15. The number of hydrogen-bond acceptors (Lipinski definition) is 3. The van der Waals surface area contributed by atoms with Crippen LogP contribution < -0.4 is 4.74 Å². The molecular formula is C11H14BrFO3S. The van der Waals surface area contributed by atoms with Crippen LogP contribution in [-0.4, -0.2) is 26.5 Å². The molecule has 0 fully saturated rings. The standard InChI is InChI=1S/C11H14BrFO3S/c1-2-4-17(14,15)5-3-16-11-7-9(12)6-10(13)8-11/h6-8H,2-5H2,1H3. The Kier molecular flexibility index (Phi) is 5.39. The Bertz CT molecular complexity index is 453. The van der Waals surface area contributed by atoms with Crippen molar-refractivity contribution in [2.24, 2.45) is 0 Å². The van der Waals surface area contributed by atoms with E-state index in [4.69, 9.17) is 4.74 Å². The molecule has 0 N–H and O–H groups in total. The topological polar surface area (TPSA) is 43.4 Å². The molecule has 1 aromatic carbocycles. The Labute approximate surface area is 109 Å². The zero-order chi connectivity index (χ0) is 12.9.